The first-order chi connectivity index (χ1) is 44.2. The molecule has 0 unspecified atom stereocenters. The molecule has 0 saturated carbocycles. The summed E-state index contributed by atoms with van der Waals surface area (Å²) in [5.74, 6) is 1.00. The third kappa shape index (κ3) is 21.8. The zero-order valence-electron chi connectivity index (χ0n) is 57.7. The van der Waals surface area contributed by atoms with E-state index in [9.17, 15) is 44.4 Å². The van der Waals surface area contributed by atoms with Crippen molar-refractivity contribution in [1.29, 1.82) is 0 Å². The number of nitrogens with one attached hydrogen (secondary N) is 6. The molecular weight excluding hydrogens is 1250 g/mol. The molecule has 8 rings (SSSR count). The summed E-state index contributed by atoms with van der Waals surface area (Å²) in [6.07, 6.45) is 0. The van der Waals surface area contributed by atoms with Gasteiger partial charge in [0.2, 0.25) is 5.91 Å². The predicted octanol–water partition coefficient (Wildman–Crippen LogP) is 11.3. The molecule has 7 amide bonds. The van der Waals surface area contributed by atoms with Crippen LogP contribution in [-0.2, 0) is 48.5 Å². The van der Waals surface area contributed by atoms with E-state index in [4.69, 9.17) is 0 Å². The lowest BCUT2D eigenvalue weighted by molar-refractivity contribution is -0.130. The summed E-state index contributed by atoms with van der Waals surface area (Å²) in [7, 11) is -11.8. The molecule has 3 heterocycles. The van der Waals surface area contributed by atoms with Crippen molar-refractivity contribution in [3.8, 4) is 0 Å². The Morgan fingerprint density at radius 2 is 0.617 bits per heavy atom. The maximum atomic E-state index is 12.9. The minimum atomic E-state index is -3.99. The second-order valence-electron chi connectivity index (χ2n) is 26.3. The molecule has 5 aromatic carbocycles. The van der Waals surface area contributed by atoms with Gasteiger partial charge in [-0.1, -0.05) is 197 Å². The van der Waals surface area contributed by atoms with Crippen LogP contribution in [0.1, 0.15) is 181 Å². The van der Waals surface area contributed by atoms with Crippen molar-refractivity contribution < 1.29 is 44.4 Å². The van der Waals surface area contributed by atoms with Crippen molar-refractivity contribution in [1.82, 2.24) is 41.8 Å². The van der Waals surface area contributed by atoms with E-state index in [2.05, 4.69) is 91.9 Å². The van der Waals surface area contributed by atoms with E-state index in [1.807, 2.05) is 148 Å². The highest BCUT2D eigenvalue weighted by atomic mass is 32.2. The Morgan fingerprint density at radius 1 is 0.362 bits per heavy atom. The average molecular weight is 1360 g/mol. The lowest BCUT2D eigenvalue weighted by atomic mass is 9.90. The van der Waals surface area contributed by atoms with Crippen LogP contribution in [0, 0.1) is 13.8 Å². The highest BCUT2D eigenvalue weighted by Crippen LogP contribution is 2.36. The summed E-state index contributed by atoms with van der Waals surface area (Å²) in [6.45, 7) is 36.4. The van der Waals surface area contributed by atoms with Gasteiger partial charge in [0.1, 0.15) is 0 Å². The van der Waals surface area contributed by atoms with Gasteiger partial charge in [0.15, 0.2) is 0 Å². The van der Waals surface area contributed by atoms with Crippen LogP contribution in [0.3, 0.4) is 0 Å². The van der Waals surface area contributed by atoms with Gasteiger partial charge in [-0.25, -0.2) is 28.5 Å². The lowest BCUT2D eigenvalue weighted by Crippen LogP contribution is -2.54. The molecule has 0 aromatic heterocycles. The SMILES string of the molecule is CC(=O)N1CCN(S(=O)(=O)NC(=O)Nc2c(C(C)C)cc(C)cc2C(C)C)CC1.CC(C)c1cccc(C(C)C)c1NC(=O)NS(=O)(=O)N1CCN(Cc2ccccc2)CC1.Cc1cc(C(C)C)c(NC(=O)NS(=O)(=O)N2CCN(Cc3ccccc3)CC2)c(C(C)C)c1. The summed E-state index contributed by atoms with van der Waals surface area (Å²) in [5, 5.41) is 8.42. The van der Waals surface area contributed by atoms with Gasteiger partial charge in [-0.05, 0) is 93.9 Å². The van der Waals surface area contributed by atoms with Crippen LogP contribution in [0.25, 0.3) is 0 Å². The van der Waals surface area contributed by atoms with Gasteiger partial charge in [-0.15, -0.1) is 0 Å². The molecule has 6 N–H and O–H groups in total. The molecule has 0 spiro atoms. The maximum absolute atomic E-state index is 12.9. The van der Waals surface area contributed by atoms with Crippen LogP contribution < -0.4 is 30.1 Å². The Hall–Kier alpha value is -6.97. The van der Waals surface area contributed by atoms with Gasteiger partial charge in [0.05, 0.1) is 0 Å². The first-order valence-electron chi connectivity index (χ1n) is 32.6. The molecule has 3 fully saturated rings. The fourth-order valence-corrected chi connectivity index (χ4v) is 14.8. The molecule has 0 bridgehead atoms. The number of carbonyl (C=O) groups is 4. The quantitative estimate of drug-likeness (QED) is 0.0451. The number of benzene rings is 5. The van der Waals surface area contributed by atoms with Crippen molar-refractivity contribution in [2.75, 3.05) is 94.5 Å². The first-order valence-corrected chi connectivity index (χ1v) is 36.9. The monoisotopic (exact) mass is 1350 g/mol. The summed E-state index contributed by atoms with van der Waals surface area (Å²) in [5.41, 5.74) is 12.6. The number of carbonyl (C=O) groups excluding carboxylic acids is 4. The fraction of sp³-hybridized carbons (Fsp3) is 0.507. The van der Waals surface area contributed by atoms with Crippen LogP contribution in [-0.4, -0.2) is 155 Å². The fourth-order valence-electron chi connectivity index (χ4n) is 11.6. The molecule has 0 radical (unpaired) electrons. The topological polar surface area (TPSA) is 262 Å². The second kappa shape index (κ2) is 34.1. The van der Waals surface area contributed by atoms with Gasteiger partial charge >= 0.3 is 48.7 Å². The number of hydrogen-bond donors (Lipinski definition) is 6. The van der Waals surface area contributed by atoms with Gasteiger partial charge in [-0.2, -0.15) is 38.2 Å². The zero-order valence-corrected chi connectivity index (χ0v) is 60.1. The first kappa shape index (κ1) is 76.1. The standard InChI is InChI=1S/C25H36N4O3S.C24H34N4O3S.C20H32N4O4S/c1-18(2)22-15-20(5)16-23(19(3)4)24(22)26-25(30)27-33(31,32)29-13-11-28(12-14-29)17-21-9-7-6-8-10-21;1-18(2)21-11-8-12-22(19(3)4)23(21)25-24(29)26-32(30,31)28-15-13-27(14-16-28)17-20-9-6-5-7-10-20;1-13(2)17-11-15(5)12-18(14(3)4)19(17)21-20(26)22-29(27,28)24-9-7-23(8-10-24)16(6)25/h6-10,15-16,18-19H,11-14,17H2,1-5H3,(H2,26,27,30);5-12,18-19H,13-17H2,1-4H3,(H2,25,26,29);11-14H,7-10H2,1-6H3,(H2,21,22,26). The second-order valence-corrected chi connectivity index (χ2v) is 31.3. The molecule has 5 aromatic rings. The van der Waals surface area contributed by atoms with Crippen molar-refractivity contribution >= 4 is 71.7 Å². The van der Waals surface area contributed by atoms with E-state index in [0.29, 0.717) is 82.5 Å². The molecule has 22 nitrogen and oxygen atoms in total. The molecule has 3 aliphatic rings. The van der Waals surface area contributed by atoms with E-state index in [1.54, 1.807) is 4.90 Å². The van der Waals surface area contributed by atoms with E-state index < -0.39 is 48.7 Å². The number of para-hydroxylation sites is 1. The molecule has 94 heavy (non-hydrogen) atoms. The van der Waals surface area contributed by atoms with Crippen molar-refractivity contribution in [3.05, 3.63) is 159 Å². The van der Waals surface area contributed by atoms with E-state index in [-0.39, 0.29) is 54.5 Å². The van der Waals surface area contributed by atoms with Gasteiger partial charge in [0.25, 0.3) is 0 Å². The third-order valence-electron chi connectivity index (χ3n) is 16.8. The normalized spacial score (nSPS) is 15.7. The Morgan fingerprint density at radius 3 is 0.872 bits per heavy atom. The minimum Gasteiger partial charge on any atom is -0.340 e. The van der Waals surface area contributed by atoms with Crippen LogP contribution in [0.4, 0.5) is 31.4 Å². The third-order valence-corrected chi connectivity index (χ3v) is 21.3. The number of amides is 7. The largest absolute Gasteiger partial charge is 0.340 e. The molecule has 516 valence electrons. The highest BCUT2D eigenvalue weighted by molar-refractivity contribution is 7.88. The summed E-state index contributed by atoms with van der Waals surface area (Å²) in [6, 6.07) is 32.0. The van der Waals surface area contributed by atoms with Gasteiger partial charge in [-0.3, -0.25) is 14.6 Å². The summed E-state index contributed by atoms with van der Waals surface area (Å²) >= 11 is 0. The molecule has 0 aliphatic carbocycles. The predicted molar refractivity (Wildman–Crippen MR) is 377 cm³/mol. The number of nitrogens with zero attached hydrogens (tertiary/aromatic N) is 6. The number of urea groups is 3. The van der Waals surface area contributed by atoms with E-state index >= 15 is 0 Å². The number of piperazine rings is 3. The number of hydrogen-bond acceptors (Lipinski definition) is 12. The Kier molecular flexibility index (Phi) is 27.6. The Bertz CT molecular complexity index is 3630. The highest BCUT2D eigenvalue weighted by Gasteiger charge is 2.33. The Labute approximate surface area is 560 Å². The van der Waals surface area contributed by atoms with Gasteiger partial charge < -0.3 is 20.9 Å². The minimum absolute atomic E-state index is 0.0884. The van der Waals surface area contributed by atoms with E-state index in [0.717, 1.165) is 57.6 Å². The lowest BCUT2D eigenvalue weighted by Gasteiger charge is -2.33. The molecule has 25 heteroatoms. The van der Waals surface area contributed by atoms with E-state index in [1.165, 1.54) is 31.0 Å². The molecule has 0 atom stereocenters. The number of anilines is 3. The zero-order chi connectivity index (χ0) is 69.4. The number of aryl methyl sites for hydroxylation is 2. The van der Waals surface area contributed by atoms with Crippen molar-refractivity contribution in [3.63, 3.8) is 0 Å². The van der Waals surface area contributed by atoms with Crippen LogP contribution in [0.15, 0.2) is 103 Å². The smallest absolute Gasteiger partial charge is 0.333 e. The summed E-state index contributed by atoms with van der Waals surface area (Å²) < 4.78 is 87.0. The molecular formula is C69H102N12O10S3. The number of rotatable bonds is 19. The Balaban J connectivity index is 0.000000224. The van der Waals surface area contributed by atoms with Gasteiger partial charge in [0, 0.05) is 116 Å². The average Bonchev–Trinajstić information content (AvgIpc) is 0.831. The van der Waals surface area contributed by atoms with Crippen LogP contribution >= 0.6 is 0 Å². The van der Waals surface area contributed by atoms with Crippen LogP contribution in [0.2, 0.25) is 0 Å². The summed E-state index contributed by atoms with van der Waals surface area (Å²) in [4.78, 5) is 55.5. The van der Waals surface area contributed by atoms with Crippen molar-refractivity contribution in [2.45, 2.75) is 152 Å². The molecule has 3 saturated heterocycles. The molecule has 3 aliphatic heterocycles. The van der Waals surface area contributed by atoms with Crippen LogP contribution in [0.5, 0.6) is 0 Å². The van der Waals surface area contributed by atoms with Crippen molar-refractivity contribution in [2.24, 2.45) is 0 Å². The maximum Gasteiger partial charge on any atom is 0.333 e.